The maximum Gasteiger partial charge on any atom is 0.0379 e. The van der Waals surface area contributed by atoms with Gasteiger partial charge in [0.05, 0.1) is 138 Å². The number of thiazole rings is 6. The van der Waals surface area contributed by atoms with Crippen LogP contribution in [0.5, 0.6) is 0 Å². The van der Waals surface area contributed by atoms with Crippen molar-refractivity contribution in [3.05, 3.63) is 97.5 Å². The van der Waals surface area contributed by atoms with Crippen LogP contribution in [0.25, 0.3) is 0 Å². The van der Waals surface area contributed by atoms with Gasteiger partial charge in [0.2, 0.25) is 0 Å². The van der Waals surface area contributed by atoms with Crippen LogP contribution in [0.15, 0.2) is 44.9 Å². The van der Waals surface area contributed by atoms with Crippen LogP contribution in [0.3, 0.4) is 0 Å². The first-order valence-corrected chi connectivity index (χ1v) is 68.0. The van der Waals surface area contributed by atoms with E-state index < -0.39 is 102 Å². The van der Waals surface area contributed by atoms with Crippen LogP contribution in [0, 0.1) is 11.8 Å². The summed E-state index contributed by atoms with van der Waals surface area (Å²) in [5, 5.41) is 47.9. The number of nitrogens with one attached hydrogen (secondary N) is 6. The first kappa shape index (κ1) is 135. The van der Waals surface area contributed by atoms with Gasteiger partial charge in [0, 0.05) is 156 Å². The van der Waals surface area contributed by atoms with Gasteiger partial charge in [-0.1, -0.05) is 76.7 Å². The van der Waals surface area contributed by atoms with E-state index in [0.717, 1.165) is 59.0 Å². The number of rotatable bonds is 43. The summed E-state index contributed by atoms with van der Waals surface area (Å²) in [5.74, 6) is -0.604. The van der Waals surface area contributed by atoms with Crippen molar-refractivity contribution in [1.82, 2.24) is 81.4 Å². The van der Waals surface area contributed by atoms with Crippen molar-refractivity contribution >= 4 is 235 Å². The third-order valence-corrected chi connectivity index (χ3v) is 25.2. The molecular weight excluding hydrogens is 2560 g/mol. The average molecular weight is 2710 g/mol. The Kier molecular flexibility index (Phi) is 69.6. The molecule has 782 valence electrons. The van der Waals surface area contributed by atoms with Crippen LogP contribution in [-0.2, 0) is 87.0 Å². The van der Waals surface area contributed by atoms with E-state index in [1.165, 1.54) is 56.3 Å². The zero-order valence-electron chi connectivity index (χ0n) is 85.1. The van der Waals surface area contributed by atoms with Gasteiger partial charge in [0.15, 0.2) is 23.7 Å². The molecule has 47 heteroatoms. The van der Waals surface area contributed by atoms with Gasteiger partial charge in [0.1, 0.15) is 25.3 Å². The fraction of sp³-hybridized carbons (Fsp3) is 0.689. The van der Waals surface area contributed by atoms with Crippen LogP contribution in [0.2, 0.25) is 0 Å². The first-order chi connectivity index (χ1) is 63.4. The second-order valence-electron chi connectivity index (χ2n) is 36.8. The molecule has 6 rings (SSSR count). The number of ketones is 2. The molecule has 0 aliphatic rings. The summed E-state index contributed by atoms with van der Waals surface area (Å²) in [4.78, 5) is 158. The van der Waals surface area contributed by atoms with E-state index in [9.17, 15) is 58.2 Å². The van der Waals surface area contributed by atoms with E-state index in [4.69, 9.17) is 29.8 Å². The third-order valence-electron chi connectivity index (χ3n) is 18.9. The molecule has 4 unspecified atom stereocenters. The number of ether oxygens (including phenoxy) is 6. The average Bonchev–Trinajstić information content (AvgIpc) is 1.21. The van der Waals surface area contributed by atoms with Crippen molar-refractivity contribution < 1.29 is 99.8 Å². The number of urea groups is 4. The fourth-order valence-corrected chi connectivity index (χ4v) is 16.6. The van der Waals surface area contributed by atoms with E-state index in [1.807, 2.05) is 118 Å². The number of amides is 10. The summed E-state index contributed by atoms with van der Waals surface area (Å²) in [7, 11) is 11.6. The molecule has 12 atom stereocenters. The van der Waals surface area contributed by atoms with Crippen LogP contribution in [0.4, 0.5) is 28.8 Å². The molecule has 6 heterocycles. The molecule has 0 fully saturated rings. The van der Waals surface area contributed by atoms with Crippen molar-refractivity contribution in [3.8, 4) is 0 Å². The number of aliphatic carboxylic acids is 1. The molecule has 6 aromatic heterocycles. The number of nitrogens with zero attached hydrogens (tertiary/aromatic N) is 10. The van der Waals surface area contributed by atoms with E-state index in [2.05, 4.69) is 200 Å². The van der Waals surface area contributed by atoms with E-state index >= 15 is 0 Å². The molecule has 0 saturated heterocycles. The minimum atomic E-state index is -1.13. The second kappa shape index (κ2) is 70.7. The normalized spacial score (nSPS) is 13.8. The number of alkyl carbamates (subject to hydrolysis) is 2. The van der Waals surface area contributed by atoms with Crippen molar-refractivity contribution in [2.45, 2.75) is 360 Å². The van der Waals surface area contributed by atoms with E-state index in [1.54, 1.807) is 111 Å². The minimum absolute atomic E-state index is 0. The number of esters is 1. The topological polar surface area (TPSA) is 429 Å². The number of carbonyl (C=O) groups excluding carboxylic acids is 9. The number of aromatic nitrogens is 6. The van der Waals surface area contributed by atoms with E-state index in [-0.39, 0.29) is 105 Å². The predicted molar refractivity (Wildman–Crippen MR) is 593 cm³/mol. The van der Waals surface area contributed by atoms with Crippen molar-refractivity contribution in [2.24, 2.45) is 11.8 Å². The Morgan fingerprint density at radius 3 is 0.956 bits per heavy atom. The van der Waals surface area contributed by atoms with Crippen molar-refractivity contribution in [3.63, 3.8) is 0 Å². The van der Waals surface area contributed by atoms with Gasteiger partial charge in [0.25, 0.3) is 0 Å². The molecule has 0 aromatic carbocycles. The number of hydrogen-bond acceptors (Lipinski definition) is 29. The molecule has 0 saturated carbocycles. The number of carboxylic acid groups (broad SMARTS) is 1. The molecule has 0 aliphatic carbocycles. The number of hydrogen-bond donors (Lipinski definition) is 8. The number of carboxylic acids is 1. The molecule has 6 aromatic rings. The first-order valence-electron chi connectivity index (χ1n) is 44.5. The summed E-state index contributed by atoms with van der Waals surface area (Å²) in [5.41, 5.74) is 5.16. The van der Waals surface area contributed by atoms with E-state index in [0.29, 0.717) is 82.4 Å². The number of aliphatic hydroxyl groups excluding tert-OH is 1. The Labute approximate surface area is 911 Å². The maximum absolute atomic E-state index is 13.5. The number of halogens is 6. The van der Waals surface area contributed by atoms with Crippen LogP contribution >= 0.6 is 166 Å². The van der Waals surface area contributed by atoms with Crippen LogP contribution in [0.1, 0.15) is 295 Å². The maximum atomic E-state index is 13.5. The number of aliphatic hydroxyl groups is 1. The van der Waals surface area contributed by atoms with Crippen molar-refractivity contribution in [2.75, 3.05) is 35.3 Å². The van der Waals surface area contributed by atoms with Crippen LogP contribution < -0.4 is 45.2 Å². The molecule has 0 bridgehead atoms. The molecule has 0 aliphatic heterocycles. The van der Waals surface area contributed by atoms with Gasteiger partial charge < -0.3 is 90.1 Å². The standard InChI is InChI=1S/C29H47N5O5S2.C25H39N5O5S2.C18H31N3O4S.C17H29N3O4S.CH4.BH.I3.I2.HI/c1-18(2)26-32-22(16-40-26)14-34(9)27(36)33-25(21(5)39-29(6,7)8)24(35)12-19(3)10-11-20(4)31-28(37)38-15-23-13-30-17-41-23;1-15(2)23-28-19(13-36-23)11-30(6)24(33)29-22(18(5)31)21(32)9-16(3)7-8-17(4)27-25(34)35-12-20-10-26-14-37-20;1-11(2)15-19-13(10-26-15)9-21(7)17(23)20-14(16(22)24-8)12(3)25-18(4,5)6;1-10(2)14-18-12(9-25-14)8-20(7)16(23)19-13(15(21)22)11(3)24-17(4,5)6;;;1-3-2;1-2;/h13,16-21,25H,10-12,14-15H2,1-9H3,(H,31,37)(H,33,36);10,13-18,22,31H,7-9,11-12H2,1-6H3,(H,27,34)(H,29,33);10-12,14H,9H2,1-8H3,(H,20,23);9-11,13H,8H2,1-7H3,(H,19,23)(H,21,22);1H4;1H;;;1H/q;;;;;;-1;;/t19-,20-,21?,25-;16-,17-,18?,22-;12?,14-;11?,13-;;;;;/m0000...../s1/i;;;;;1D;;;. The van der Waals surface area contributed by atoms with Gasteiger partial charge in [-0.05, 0) is 143 Å². The summed E-state index contributed by atoms with van der Waals surface area (Å²) in [6.45, 7) is 49.7. The van der Waals surface area contributed by atoms with Crippen molar-refractivity contribution in [1.29, 1.82) is 1.34 Å². The molecule has 137 heavy (non-hydrogen) atoms. The summed E-state index contributed by atoms with van der Waals surface area (Å²) in [6, 6.07) is -5.73. The smallest absolute Gasteiger partial charge is 0.0379 e. The molecule has 10 amide bonds. The summed E-state index contributed by atoms with van der Waals surface area (Å²) < 4.78 is 38.0. The molecule has 34 nitrogen and oxygen atoms in total. The Bertz CT molecular complexity index is 4440. The Hall–Kier alpha value is -4.04. The molecule has 0 spiro atoms. The zero-order chi connectivity index (χ0) is 104. The van der Waals surface area contributed by atoms with Gasteiger partial charge in [-0.2, -0.15) is 0 Å². The quantitative estimate of drug-likeness (QED) is 0.00763. The molecule has 8 N–H and O–H groups in total. The van der Waals surface area contributed by atoms with Gasteiger partial charge >= 0.3 is 98.7 Å². The number of methoxy groups -OCH3 is 1. The Morgan fingerprint density at radius 2 is 0.708 bits per heavy atom. The zero-order valence-corrected chi connectivity index (χ0v) is 102. The molecule has 2 radical (unpaired) electrons. The largest absolute Gasteiger partial charge is 0.0379 e. The SMILES string of the molecule is C.CC(C)c1nc(CN(C)C(=O)N[C@H](C(=O)C[C@@H](C)CC[C@H](C)NC(=O)OCc2cncs2)C(C)O)cs1.CC(C)c1nc(CN(C)C(=O)N[C@H](C(=O)C[C@@H](C)CC[C@H](C)NC(=O)OCc2cncs2)C(C)OC(C)(C)C)cs1.CC(C)c1nc(CN(C)C(=O)N[C@H](C(=O)O)C(C)OC(C)(C)C)cs1.COC(=O)[C@@H](NC(=O)N(C)Cc1csc(C(C)C)n1)C(C)OC(C)(C)C.I.II.I[I-]I.[2H][B]. The minimum Gasteiger partial charge on any atom is -0.0379 e. The van der Waals surface area contributed by atoms with Gasteiger partial charge in [-0.25, -0.2) is 58.3 Å². The Balaban J connectivity index is -0.00000174. The van der Waals surface area contributed by atoms with Crippen LogP contribution in [-0.4, -0.2) is 242 Å². The van der Waals surface area contributed by atoms with Gasteiger partial charge in [-0.15, -0.1) is 92.0 Å². The second-order valence-corrected chi connectivity index (χ2v) is 58.6. The summed E-state index contributed by atoms with van der Waals surface area (Å²) in [6.07, 6.45) is 2.83. The number of carbonyl (C=O) groups is 10. The monoisotopic (exact) mass is 2710 g/mol. The molecular formula is C90H152BI6N16O18S6-. The third kappa shape index (κ3) is 58.6. The van der Waals surface area contributed by atoms with Gasteiger partial charge in [-0.3, -0.25) is 19.6 Å². The Morgan fingerprint density at radius 1 is 0.445 bits per heavy atom. The number of Topliss-reactive ketones (excluding diaryl/α,β-unsaturated/α-hetero) is 2. The fourth-order valence-electron chi connectivity index (χ4n) is 12.3. The summed E-state index contributed by atoms with van der Waals surface area (Å²) >= 11 is 18.7. The predicted octanol–water partition coefficient (Wildman–Crippen LogP) is 17.8.